The number of rotatable bonds is 3. The van der Waals surface area contributed by atoms with Gasteiger partial charge >= 0.3 is 0 Å². The van der Waals surface area contributed by atoms with Gasteiger partial charge in [-0.3, -0.25) is 9.59 Å². The number of carbonyl (C=O) groups is 2. The Kier molecular flexibility index (Phi) is 3.90. The molecule has 0 spiro atoms. The van der Waals surface area contributed by atoms with E-state index in [1.54, 1.807) is 4.90 Å². The van der Waals surface area contributed by atoms with Gasteiger partial charge in [0.1, 0.15) is 0 Å². The van der Waals surface area contributed by atoms with Crippen molar-refractivity contribution in [1.29, 1.82) is 0 Å². The van der Waals surface area contributed by atoms with Crippen LogP contribution in [0.2, 0.25) is 0 Å². The number of amides is 2. The number of carbonyl (C=O) groups excluding carboxylic acids is 2. The SMILES string of the molecule is Cc1cc(N2Cc3ccccc3C2=O)ccc1NC(=O)C(C)C. The summed E-state index contributed by atoms with van der Waals surface area (Å²) in [6, 6.07) is 13.4. The van der Waals surface area contributed by atoms with Crippen LogP contribution in [0.5, 0.6) is 0 Å². The molecule has 0 aromatic heterocycles. The highest BCUT2D eigenvalue weighted by atomic mass is 16.2. The Bertz CT molecular complexity index is 781. The number of aryl methyl sites for hydroxylation is 1. The zero-order chi connectivity index (χ0) is 16.6. The molecule has 2 amide bonds. The maximum Gasteiger partial charge on any atom is 0.258 e. The van der Waals surface area contributed by atoms with E-state index in [4.69, 9.17) is 0 Å². The average molecular weight is 308 g/mol. The summed E-state index contributed by atoms with van der Waals surface area (Å²) in [6.45, 7) is 6.25. The minimum Gasteiger partial charge on any atom is -0.326 e. The maximum atomic E-state index is 12.5. The van der Waals surface area contributed by atoms with Crippen molar-refractivity contribution in [2.75, 3.05) is 10.2 Å². The summed E-state index contributed by atoms with van der Waals surface area (Å²) in [7, 11) is 0. The van der Waals surface area contributed by atoms with Gasteiger partial charge in [0.2, 0.25) is 5.91 Å². The number of hydrogen-bond donors (Lipinski definition) is 1. The topological polar surface area (TPSA) is 49.4 Å². The van der Waals surface area contributed by atoms with Gasteiger partial charge in [-0.05, 0) is 42.3 Å². The van der Waals surface area contributed by atoms with Gasteiger partial charge in [0, 0.05) is 22.9 Å². The third kappa shape index (κ3) is 2.84. The molecule has 0 aliphatic carbocycles. The zero-order valence-electron chi connectivity index (χ0n) is 13.6. The molecule has 1 heterocycles. The van der Waals surface area contributed by atoms with E-state index in [1.807, 2.05) is 63.2 Å². The van der Waals surface area contributed by atoms with E-state index in [2.05, 4.69) is 5.32 Å². The molecule has 2 aromatic carbocycles. The van der Waals surface area contributed by atoms with E-state index >= 15 is 0 Å². The summed E-state index contributed by atoms with van der Waals surface area (Å²) in [5.74, 6) is -0.0480. The zero-order valence-corrected chi connectivity index (χ0v) is 13.6. The summed E-state index contributed by atoms with van der Waals surface area (Å²) < 4.78 is 0. The molecule has 0 atom stereocenters. The lowest BCUT2D eigenvalue weighted by molar-refractivity contribution is -0.118. The first-order valence-corrected chi connectivity index (χ1v) is 7.78. The van der Waals surface area contributed by atoms with Crippen LogP contribution >= 0.6 is 0 Å². The molecule has 0 saturated heterocycles. The third-order valence-corrected chi connectivity index (χ3v) is 4.13. The normalized spacial score (nSPS) is 13.4. The molecule has 1 aliphatic heterocycles. The van der Waals surface area contributed by atoms with Gasteiger partial charge in [0.15, 0.2) is 0 Å². The smallest absolute Gasteiger partial charge is 0.258 e. The van der Waals surface area contributed by atoms with Crippen LogP contribution in [-0.4, -0.2) is 11.8 Å². The summed E-state index contributed by atoms with van der Waals surface area (Å²) in [4.78, 5) is 26.1. The number of anilines is 2. The fourth-order valence-corrected chi connectivity index (χ4v) is 2.70. The van der Waals surface area contributed by atoms with Crippen molar-refractivity contribution >= 4 is 23.2 Å². The lowest BCUT2D eigenvalue weighted by Crippen LogP contribution is -2.23. The standard InChI is InChI=1S/C19H20N2O2/c1-12(2)18(22)20-17-9-8-15(10-13(17)3)21-11-14-6-4-5-7-16(14)19(21)23/h4-10,12H,11H2,1-3H3,(H,20,22). The Hall–Kier alpha value is -2.62. The highest BCUT2D eigenvalue weighted by Gasteiger charge is 2.28. The van der Waals surface area contributed by atoms with Crippen molar-refractivity contribution in [2.24, 2.45) is 5.92 Å². The van der Waals surface area contributed by atoms with Gasteiger partial charge in [-0.2, -0.15) is 0 Å². The first-order chi connectivity index (χ1) is 11.0. The molecule has 23 heavy (non-hydrogen) atoms. The second-order valence-electron chi connectivity index (χ2n) is 6.19. The van der Waals surface area contributed by atoms with Crippen molar-refractivity contribution in [3.05, 3.63) is 59.2 Å². The van der Waals surface area contributed by atoms with Crippen molar-refractivity contribution in [3.63, 3.8) is 0 Å². The highest BCUT2D eigenvalue weighted by molar-refractivity contribution is 6.10. The molecule has 4 nitrogen and oxygen atoms in total. The Morgan fingerprint density at radius 2 is 1.91 bits per heavy atom. The Labute approximate surface area is 136 Å². The Balaban J connectivity index is 1.85. The van der Waals surface area contributed by atoms with Crippen LogP contribution in [0.1, 0.15) is 35.3 Å². The predicted molar refractivity (Wildman–Crippen MR) is 91.6 cm³/mol. The minimum absolute atomic E-state index is 0.00879. The van der Waals surface area contributed by atoms with E-state index in [0.717, 1.165) is 28.1 Å². The van der Waals surface area contributed by atoms with Crippen LogP contribution in [0, 0.1) is 12.8 Å². The molecule has 2 aromatic rings. The summed E-state index contributed by atoms with van der Waals surface area (Å²) >= 11 is 0. The molecule has 1 aliphatic rings. The van der Waals surface area contributed by atoms with Gasteiger partial charge < -0.3 is 10.2 Å². The van der Waals surface area contributed by atoms with Crippen LogP contribution in [0.3, 0.4) is 0 Å². The molecule has 4 heteroatoms. The fraction of sp³-hybridized carbons (Fsp3) is 0.263. The summed E-state index contributed by atoms with van der Waals surface area (Å²) in [5, 5.41) is 2.91. The van der Waals surface area contributed by atoms with Crippen LogP contribution in [0.15, 0.2) is 42.5 Å². The monoisotopic (exact) mass is 308 g/mol. The molecule has 0 fully saturated rings. The first-order valence-electron chi connectivity index (χ1n) is 7.78. The Morgan fingerprint density at radius 3 is 2.57 bits per heavy atom. The van der Waals surface area contributed by atoms with E-state index in [-0.39, 0.29) is 17.7 Å². The summed E-state index contributed by atoms with van der Waals surface area (Å²) in [5.41, 5.74) is 4.40. The van der Waals surface area contributed by atoms with Crippen LogP contribution in [-0.2, 0) is 11.3 Å². The van der Waals surface area contributed by atoms with Crippen LogP contribution in [0.25, 0.3) is 0 Å². The van der Waals surface area contributed by atoms with Crippen molar-refractivity contribution in [2.45, 2.75) is 27.3 Å². The molecule has 0 unspecified atom stereocenters. The van der Waals surface area contributed by atoms with Crippen LogP contribution < -0.4 is 10.2 Å². The number of nitrogens with one attached hydrogen (secondary N) is 1. The molecule has 1 N–H and O–H groups in total. The quantitative estimate of drug-likeness (QED) is 0.939. The van der Waals surface area contributed by atoms with E-state index in [1.165, 1.54) is 0 Å². The first kappa shape index (κ1) is 15.3. The molecular formula is C19H20N2O2. The third-order valence-electron chi connectivity index (χ3n) is 4.13. The molecule has 3 rings (SSSR count). The molecule has 0 bridgehead atoms. The molecule has 0 radical (unpaired) electrons. The van der Waals surface area contributed by atoms with E-state index in [0.29, 0.717) is 6.54 Å². The number of benzene rings is 2. The Morgan fingerprint density at radius 1 is 1.17 bits per heavy atom. The van der Waals surface area contributed by atoms with Gasteiger partial charge in [-0.15, -0.1) is 0 Å². The van der Waals surface area contributed by atoms with Gasteiger partial charge in [-0.1, -0.05) is 32.0 Å². The average Bonchev–Trinajstić information content (AvgIpc) is 2.86. The summed E-state index contributed by atoms with van der Waals surface area (Å²) in [6.07, 6.45) is 0. The van der Waals surface area contributed by atoms with Crippen molar-refractivity contribution < 1.29 is 9.59 Å². The second kappa shape index (κ2) is 5.88. The van der Waals surface area contributed by atoms with E-state index in [9.17, 15) is 9.59 Å². The largest absolute Gasteiger partial charge is 0.326 e. The fourth-order valence-electron chi connectivity index (χ4n) is 2.70. The maximum absolute atomic E-state index is 12.5. The minimum atomic E-state index is -0.0660. The number of nitrogens with zero attached hydrogens (tertiary/aromatic N) is 1. The van der Waals surface area contributed by atoms with Crippen LogP contribution in [0.4, 0.5) is 11.4 Å². The van der Waals surface area contributed by atoms with Crippen molar-refractivity contribution in [1.82, 2.24) is 0 Å². The lowest BCUT2D eigenvalue weighted by atomic mass is 10.1. The van der Waals surface area contributed by atoms with Gasteiger partial charge in [-0.25, -0.2) is 0 Å². The second-order valence-corrected chi connectivity index (χ2v) is 6.19. The lowest BCUT2D eigenvalue weighted by Gasteiger charge is -2.18. The van der Waals surface area contributed by atoms with E-state index < -0.39 is 0 Å². The number of hydrogen-bond acceptors (Lipinski definition) is 2. The predicted octanol–water partition coefficient (Wildman–Crippen LogP) is 3.75. The molecule has 0 saturated carbocycles. The highest BCUT2D eigenvalue weighted by Crippen LogP contribution is 2.30. The van der Waals surface area contributed by atoms with Gasteiger partial charge in [0.25, 0.3) is 5.91 Å². The number of fused-ring (bicyclic) bond motifs is 1. The van der Waals surface area contributed by atoms with Crippen molar-refractivity contribution in [3.8, 4) is 0 Å². The van der Waals surface area contributed by atoms with Gasteiger partial charge in [0.05, 0.1) is 6.54 Å². The molecular weight excluding hydrogens is 288 g/mol. The molecule has 118 valence electrons.